The molecular formula is C14H20N2OS. The molecule has 0 bridgehead atoms. The van der Waals surface area contributed by atoms with Gasteiger partial charge >= 0.3 is 0 Å². The van der Waals surface area contributed by atoms with Crippen molar-refractivity contribution >= 4 is 23.4 Å². The van der Waals surface area contributed by atoms with Crippen LogP contribution in [-0.4, -0.2) is 30.8 Å². The third kappa shape index (κ3) is 2.80. The van der Waals surface area contributed by atoms with Gasteiger partial charge in [-0.3, -0.25) is 4.79 Å². The molecule has 1 amide bonds. The number of carbonyl (C=O) groups excluding carboxylic acids is 1. The number of rotatable bonds is 3. The Morgan fingerprint density at radius 1 is 1.50 bits per heavy atom. The van der Waals surface area contributed by atoms with Crippen LogP contribution in [0.1, 0.15) is 31.1 Å². The van der Waals surface area contributed by atoms with E-state index in [0.717, 1.165) is 24.4 Å². The summed E-state index contributed by atoms with van der Waals surface area (Å²) < 4.78 is 0. The molecule has 0 aromatic heterocycles. The molecule has 4 heteroatoms. The minimum absolute atomic E-state index is 0.0134. The molecule has 3 nitrogen and oxygen atoms in total. The molecule has 0 unspecified atom stereocenters. The van der Waals surface area contributed by atoms with Gasteiger partial charge in [-0.2, -0.15) is 0 Å². The number of hydrogen-bond acceptors (Lipinski definition) is 3. The van der Waals surface area contributed by atoms with Gasteiger partial charge in [-0.25, -0.2) is 0 Å². The highest BCUT2D eigenvalue weighted by Gasteiger charge is 2.18. The first kappa shape index (κ1) is 13.3. The van der Waals surface area contributed by atoms with E-state index in [1.54, 1.807) is 0 Å². The molecule has 0 spiro atoms. The van der Waals surface area contributed by atoms with Crippen LogP contribution in [-0.2, 0) is 0 Å². The van der Waals surface area contributed by atoms with Crippen molar-refractivity contribution in [1.29, 1.82) is 0 Å². The number of nitrogens with one attached hydrogen (secondary N) is 1. The Morgan fingerprint density at radius 2 is 2.28 bits per heavy atom. The van der Waals surface area contributed by atoms with Gasteiger partial charge < -0.3 is 10.2 Å². The molecule has 18 heavy (non-hydrogen) atoms. The molecule has 0 saturated heterocycles. The van der Waals surface area contributed by atoms with Crippen LogP contribution in [0.15, 0.2) is 23.1 Å². The molecule has 2 rings (SSSR count). The molecular weight excluding hydrogens is 244 g/mol. The van der Waals surface area contributed by atoms with E-state index in [0.29, 0.717) is 0 Å². The highest BCUT2D eigenvalue weighted by molar-refractivity contribution is 7.99. The number of hydrogen-bond donors (Lipinski definition) is 1. The van der Waals surface area contributed by atoms with Crippen LogP contribution in [0, 0.1) is 0 Å². The maximum absolute atomic E-state index is 12.0. The molecule has 1 aromatic carbocycles. The molecule has 0 fully saturated rings. The number of anilines is 1. The lowest BCUT2D eigenvalue weighted by molar-refractivity contribution is 0.0943. The van der Waals surface area contributed by atoms with Crippen LogP contribution in [0.2, 0.25) is 0 Å². The van der Waals surface area contributed by atoms with Crippen LogP contribution in [0.3, 0.4) is 0 Å². The summed E-state index contributed by atoms with van der Waals surface area (Å²) in [4.78, 5) is 15.6. The second-order valence-corrected chi connectivity index (χ2v) is 5.88. The summed E-state index contributed by atoms with van der Waals surface area (Å²) in [5, 5.41) is 2.93. The largest absolute Gasteiger partial charge is 0.370 e. The molecule has 98 valence electrons. The van der Waals surface area contributed by atoms with Crippen molar-refractivity contribution < 1.29 is 4.79 Å². The van der Waals surface area contributed by atoms with Crippen molar-refractivity contribution in [3.05, 3.63) is 23.8 Å². The fraction of sp³-hybridized carbons (Fsp3) is 0.500. The van der Waals surface area contributed by atoms with Gasteiger partial charge in [0.2, 0.25) is 0 Å². The van der Waals surface area contributed by atoms with E-state index >= 15 is 0 Å². The number of amides is 1. The second kappa shape index (κ2) is 5.65. The Bertz CT molecular complexity index is 445. The highest BCUT2D eigenvalue weighted by atomic mass is 32.2. The molecule has 0 radical (unpaired) electrons. The molecule has 0 saturated carbocycles. The zero-order valence-electron chi connectivity index (χ0n) is 11.2. The third-order valence-corrected chi connectivity index (χ3v) is 4.02. The lowest BCUT2D eigenvalue weighted by Gasteiger charge is -2.30. The van der Waals surface area contributed by atoms with Gasteiger partial charge in [-0.15, -0.1) is 11.8 Å². The normalized spacial score (nSPS) is 14.6. The minimum Gasteiger partial charge on any atom is -0.370 e. The lowest BCUT2D eigenvalue weighted by Crippen LogP contribution is -2.31. The van der Waals surface area contributed by atoms with Crippen LogP contribution in [0.4, 0.5) is 5.69 Å². The Morgan fingerprint density at radius 3 is 2.94 bits per heavy atom. The lowest BCUT2D eigenvalue weighted by atomic mass is 10.1. The van der Waals surface area contributed by atoms with E-state index in [9.17, 15) is 4.79 Å². The number of benzene rings is 1. The van der Waals surface area contributed by atoms with Gasteiger partial charge in [-0.1, -0.05) is 0 Å². The summed E-state index contributed by atoms with van der Waals surface area (Å²) in [7, 11) is 0. The van der Waals surface area contributed by atoms with E-state index < -0.39 is 0 Å². The summed E-state index contributed by atoms with van der Waals surface area (Å²) >= 11 is 1.87. The van der Waals surface area contributed by atoms with Crippen molar-refractivity contribution in [2.75, 3.05) is 23.7 Å². The van der Waals surface area contributed by atoms with E-state index in [1.807, 2.05) is 37.7 Å². The molecule has 1 heterocycles. The van der Waals surface area contributed by atoms with Gasteiger partial charge in [0.05, 0.1) is 5.69 Å². The second-order valence-electron chi connectivity index (χ2n) is 4.74. The van der Waals surface area contributed by atoms with Crippen LogP contribution >= 0.6 is 11.8 Å². The molecule has 1 aliphatic heterocycles. The summed E-state index contributed by atoms with van der Waals surface area (Å²) in [6.07, 6.45) is 0. The van der Waals surface area contributed by atoms with Crippen molar-refractivity contribution in [2.24, 2.45) is 0 Å². The van der Waals surface area contributed by atoms with Gasteiger partial charge in [0.15, 0.2) is 0 Å². The first-order valence-electron chi connectivity index (χ1n) is 6.44. The average molecular weight is 264 g/mol. The first-order valence-corrected chi connectivity index (χ1v) is 7.43. The minimum atomic E-state index is 0.0134. The number of fused-ring (bicyclic) bond motifs is 1. The van der Waals surface area contributed by atoms with E-state index in [4.69, 9.17) is 0 Å². The average Bonchev–Trinajstić information content (AvgIpc) is 2.36. The smallest absolute Gasteiger partial charge is 0.251 e. The number of nitrogens with zero attached hydrogens (tertiary/aromatic N) is 1. The Kier molecular flexibility index (Phi) is 4.17. The standard InChI is InChI=1S/C14H20N2OS/c1-4-16-7-8-18-13-6-5-11(9-12(13)16)14(17)15-10(2)3/h5-6,9-10H,4,7-8H2,1-3H3,(H,15,17). The van der Waals surface area contributed by atoms with Crippen molar-refractivity contribution in [3.8, 4) is 0 Å². The molecule has 0 atom stereocenters. The predicted molar refractivity (Wildman–Crippen MR) is 77.7 cm³/mol. The third-order valence-electron chi connectivity index (χ3n) is 2.98. The van der Waals surface area contributed by atoms with Crippen LogP contribution in [0.25, 0.3) is 0 Å². The summed E-state index contributed by atoms with van der Waals surface area (Å²) in [6.45, 7) is 8.15. The quantitative estimate of drug-likeness (QED) is 0.911. The topological polar surface area (TPSA) is 32.3 Å². The van der Waals surface area contributed by atoms with Crippen molar-refractivity contribution in [2.45, 2.75) is 31.7 Å². The fourth-order valence-electron chi connectivity index (χ4n) is 2.09. The van der Waals surface area contributed by atoms with Crippen LogP contribution < -0.4 is 10.2 Å². The van der Waals surface area contributed by atoms with Gasteiger partial charge in [0, 0.05) is 35.3 Å². The van der Waals surface area contributed by atoms with Crippen molar-refractivity contribution in [1.82, 2.24) is 5.32 Å². The zero-order chi connectivity index (χ0) is 13.1. The van der Waals surface area contributed by atoms with Gasteiger partial charge in [-0.05, 0) is 39.0 Å². The molecule has 1 aliphatic rings. The van der Waals surface area contributed by atoms with Gasteiger partial charge in [0.1, 0.15) is 0 Å². The maximum atomic E-state index is 12.0. The number of carbonyl (C=O) groups is 1. The maximum Gasteiger partial charge on any atom is 0.251 e. The summed E-state index contributed by atoms with van der Waals surface area (Å²) in [5.74, 6) is 1.14. The Hall–Kier alpha value is -1.16. The molecule has 1 N–H and O–H groups in total. The van der Waals surface area contributed by atoms with Gasteiger partial charge in [0.25, 0.3) is 5.91 Å². The Balaban J connectivity index is 2.27. The summed E-state index contributed by atoms with van der Waals surface area (Å²) in [6, 6.07) is 6.17. The van der Waals surface area contributed by atoms with Crippen LogP contribution in [0.5, 0.6) is 0 Å². The first-order chi connectivity index (χ1) is 8.61. The monoisotopic (exact) mass is 264 g/mol. The zero-order valence-corrected chi connectivity index (χ0v) is 12.0. The highest BCUT2D eigenvalue weighted by Crippen LogP contribution is 2.35. The predicted octanol–water partition coefficient (Wildman–Crippen LogP) is 2.76. The SMILES string of the molecule is CCN1CCSc2ccc(C(=O)NC(C)C)cc21. The van der Waals surface area contributed by atoms with E-state index in [-0.39, 0.29) is 11.9 Å². The molecule has 0 aliphatic carbocycles. The molecule has 1 aromatic rings. The van der Waals surface area contributed by atoms with E-state index in [1.165, 1.54) is 10.6 Å². The Labute approximate surface area is 113 Å². The summed E-state index contributed by atoms with van der Waals surface area (Å²) in [5.41, 5.74) is 1.95. The van der Waals surface area contributed by atoms with E-state index in [2.05, 4.69) is 23.2 Å². The van der Waals surface area contributed by atoms with Crippen molar-refractivity contribution in [3.63, 3.8) is 0 Å². The number of thioether (sulfide) groups is 1. The fourth-order valence-corrected chi connectivity index (χ4v) is 3.12.